The smallest absolute Gasteiger partial charge is 0.308 e. The molecule has 176 valence electrons. The molecule has 1 aliphatic heterocycles. The predicted octanol–water partition coefficient (Wildman–Crippen LogP) is 5.51. The fourth-order valence-electron chi connectivity index (χ4n) is 4.64. The van der Waals surface area contributed by atoms with Crippen molar-refractivity contribution in [3.05, 3.63) is 36.0 Å². The molecule has 1 aromatic heterocycles. The Morgan fingerprint density at radius 3 is 2.81 bits per heavy atom. The van der Waals surface area contributed by atoms with Crippen LogP contribution in [0, 0.1) is 11.8 Å². The number of nitrogens with zero attached hydrogens (tertiary/aromatic N) is 2. The van der Waals surface area contributed by atoms with Gasteiger partial charge in [-0.05, 0) is 86.7 Å². The summed E-state index contributed by atoms with van der Waals surface area (Å²) in [5.41, 5.74) is 2.24. The number of fused-ring (bicyclic) bond motifs is 1. The molecule has 1 N–H and O–H groups in total. The zero-order valence-electron chi connectivity index (χ0n) is 20.0. The van der Waals surface area contributed by atoms with E-state index in [-0.39, 0.29) is 11.8 Å². The third kappa shape index (κ3) is 7.11. The van der Waals surface area contributed by atoms with Crippen molar-refractivity contribution in [1.29, 1.82) is 0 Å². The van der Waals surface area contributed by atoms with Crippen LogP contribution in [0.25, 0.3) is 10.9 Å². The molecule has 32 heavy (non-hydrogen) atoms. The lowest BCUT2D eigenvalue weighted by Crippen LogP contribution is -2.44. The van der Waals surface area contributed by atoms with E-state index in [0.29, 0.717) is 11.3 Å². The summed E-state index contributed by atoms with van der Waals surface area (Å²) >= 11 is 1.99. The fourth-order valence-corrected chi connectivity index (χ4v) is 5.53. The monoisotopic (exact) mass is 458 g/mol. The van der Waals surface area contributed by atoms with Crippen LogP contribution in [0.15, 0.2) is 30.5 Å². The molecule has 0 saturated carbocycles. The van der Waals surface area contributed by atoms with Gasteiger partial charge in [-0.2, -0.15) is 11.8 Å². The van der Waals surface area contributed by atoms with E-state index in [1.807, 2.05) is 36.2 Å². The summed E-state index contributed by atoms with van der Waals surface area (Å²) in [6, 6.07) is 8.06. The molecule has 1 saturated heterocycles. The summed E-state index contributed by atoms with van der Waals surface area (Å²) in [4.78, 5) is 18.8. The average Bonchev–Trinajstić information content (AvgIpc) is 2.76. The van der Waals surface area contributed by atoms with Crippen LogP contribution in [0.5, 0.6) is 5.75 Å². The topological polar surface area (TPSA) is 62.7 Å². The number of likely N-dealkylation sites (tertiary alicyclic amines) is 1. The second-order valence-corrected chi connectivity index (χ2v) is 11.8. The van der Waals surface area contributed by atoms with Gasteiger partial charge in [0.25, 0.3) is 0 Å². The highest BCUT2D eigenvalue weighted by Crippen LogP contribution is 2.30. The maximum atomic E-state index is 12.0. The van der Waals surface area contributed by atoms with Crippen LogP contribution < -0.4 is 4.74 Å². The largest absolute Gasteiger partial charge is 0.497 e. The number of hydrogen-bond donors (Lipinski definition) is 1. The fraction of sp³-hybridized carbons (Fsp3) is 0.615. The van der Waals surface area contributed by atoms with E-state index in [0.717, 1.165) is 67.6 Å². The summed E-state index contributed by atoms with van der Waals surface area (Å²) < 4.78 is 5.67. The average molecular weight is 459 g/mol. The van der Waals surface area contributed by atoms with Crippen molar-refractivity contribution in [2.45, 2.75) is 57.6 Å². The maximum Gasteiger partial charge on any atom is 0.308 e. The number of aliphatic carboxylic acids is 1. The van der Waals surface area contributed by atoms with Gasteiger partial charge in [-0.25, -0.2) is 0 Å². The number of aryl methyl sites for hydroxylation is 1. The number of ether oxygens (including phenoxy) is 1. The highest BCUT2D eigenvalue weighted by Gasteiger charge is 2.33. The minimum absolute atomic E-state index is 0.256. The molecule has 2 heterocycles. The number of aromatic nitrogens is 1. The number of piperidine rings is 1. The van der Waals surface area contributed by atoms with Crippen LogP contribution in [0.1, 0.15) is 52.0 Å². The van der Waals surface area contributed by atoms with Crippen molar-refractivity contribution in [2.75, 3.05) is 32.5 Å². The maximum absolute atomic E-state index is 12.0. The van der Waals surface area contributed by atoms with Gasteiger partial charge < -0.3 is 14.7 Å². The van der Waals surface area contributed by atoms with E-state index in [9.17, 15) is 9.90 Å². The van der Waals surface area contributed by atoms with Gasteiger partial charge in [0.2, 0.25) is 0 Å². The van der Waals surface area contributed by atoms with E-state index in [1.165, 1.54) is 5.56 Å². The number of carboxylic acids is 1. The number of hydrogen-bond acceptors (Lipinski definition) is 5. The molecular weight excluding hydrogens is 420 g/mol. The van der Waals surface area contributed by atoms with E-state index >= 15 is 0 Å². The summed E-state index contributed by atoms with van der Waals surface area (Å²) in [5, 5.41) is 11.0. The van der Waals surface area contributed by atoms with Crippen LogP contribution in [-0.4, -0.2) is 58.2 Å². The molecule has 5 nitrogen and oxygen atoms in total. The Labute approximate surface area is 196 Å². The molecule has 0 unspecified atom stereocenters. The first-order chi connectivity index (χ1) is 15.3. The second kappa shape index (κ2) is 11.4. The number of methoxy groups -OCH3 is 1. The van der Waals surface area contributed by atoms with Crippen molar-refractivity contribution < 1.29 is 14.6 Å². The summed E-state index contributed by atoms with van der Waals surface area (Å²) in [5.74, 6) is 1.34. The molecule has 0 spiro atoms. The first-order valence-corrected chi connectivity index (χ1v) is 12.8. The second-order valence-electron chi connectivity index (χ2n) is 9.85. The molecular formula is C26H38N2O3S. The van der Waals surface area contributed by atoms with E-state index in [4.69, 9.17) is 4.74 Å². The van der Waals surface area contributed by atoms with E-state index < -0.39 is 5.97 Å². The first kappa shape index (κ1) is 24.8. The van der Waals surface area contributed by atoms with Crippen molar-refractivity contribution in [3.63, 3.8) is 0 Å². The van der Waals surface area contributed by atoms with Crippen LogP contribution in [0.3, 0.4) is 0 Å². The van der Waals surface area contributed by atoms with Gasteiger partial charge >= 0.3 is 5.97 Å². The van der Waals surface area contributed by atoms with Crippen LogP contribution >= 0.6 is 11.8 Å². The number of carboxylic acid groups (broad SMARTS) is 1. The predicted molar refractivity (Wildman–Crippen MR) is 134 cm³/mol. The van der Waals surface area contributed by atoms with Gasteiger partial charge in [0.1, 0.15) is 5.75 Å². The zero-order valence-corrected chi connectivity index (χ0v) is 20.8. The van der Waals surface area contributed by atoms with Crippen molar-refractivity contribution in [2.24, 2.45) is 11.8 Å². The number of pyridine rings is 1. The van der Waals surface area contributed by atoms with E-state index in [2.05, 4.69) is 36.7 Å². The van der Waals surface area contributed by atoms with Crippen LogP contribution in [-0.2, 0) is 11.2 Å². The Hall–Kier alpha value is -1.79. The van der Waals surface area contributed by atoms with Gasteiger partial charge in [-0.1, -0.05) is 20.8 Å². The van der Waals surface area contributed by atoms with Crippen LogP contribution in [0.4, 0.5) is 0 Å². The lowest BCUT2D eigenvalue weighted by atomic mass is 9.81. The third-order valence-corrected chi connectivity index (χ3v) is 7.73. The molecule has 0 radical (unpaired) electrons. The first-order valence-electron chi connectivity index (χ1n) is 11.8. The normalized spacial score (nSPS) is 19.9. The highest BCUT2D eigenvalue weighted by atomic mass is 32.2. The summed E-state index contributed by atoms with van der Waals surface area (Å²) in [7, 11) is 1.68. The van der Waals surface area contributed by atoms with Gasteiger partial charge in [0.05, 0.1) is 18.5 Å². The number of benzene rings is 1. The minimum Gasteiger partial charge on any atom is -0.497 e. The van der Waals surface area contributed by atoms with Gasteiger partial charge in [0, 0.05) is 22.9 Å². The molecule has 3 rings (SSSR count). The summed E-state index contributed by atoms with van der Waals surface area (Å²) in [6.45, 7) is 9.45. The molecule has 2 aromatic rings. The Morgan fingerprint density at radius 1 is 1.28 bits per heavy atom. The minimum atomic E-state index is -0.636. The Morgan fingerprint density at radius 2 is 2.09 bits per heavy atom. The van der Waals surface area contributed by atoms with Crippen LogP contribution in [0.2, 0.25) is 0 Å². The Balaban J connectivity index is 1.52. The number of rotatable bonds is 10. The summed E-state index contributed by atoms with van der Waals surface area (Å²) in [6.07, 6.45) is 6.85. The molecule has 1 aromatic carbocycles. The van der Waals surface area contributed by atoms with Gasteiger partial charge in [-0.3, -0.25) is 9.78 Å². The number of thioether (sulfide) groups is 1. The van der Waals surface area contributed by atoms with Gasteiger partial charge in [0.15, 0.2) is 0 Å². The Kier molecular flexibility index (Phi) is 8.83. The van der Waals surface area contributed by atoms with Crippen molar-refractivity contribution in [1.82, 2.24) is 9.88 Å². The van der Waals surface area contributed by atoms with Crippen molar-refractivity contribution >= 4 is 28.6 Å². The quantitative estimate of drug-likeness (QED) is 0.474. The third-order valence-electron chi connectivity index (χ3n) is 6.37. The molecule has 2 atom stereocenters. The number of carbonyl (C=O) groups is 1. The standard InChI is InChI=1S/C26H38N2O3S/c1-26(2,3)32-16-6-14-28-15-12-20(23(18-28)25(29)30)8-5-7-19-11-13-27-24-10-9-21(31-4)17-22(19)24/h9-11,13,17,20,23H,5-8,12,14-16,18H2,1-4H3,(H,29,30)/t20-,23+/m1/s1. The molecule has 0 amide bonds. The highest BCUT2D eigenvalue weighted by molar-refractivity contribution is 8.00. The van der Waals surface area contributed by atoms with Crippen molar-refractivity contribution in [3.8, 4) is 5.75 Å². The lowest BCUT2D eigenvalue weighted by molar-refractivity contribution is -0.146. The molecule has 6 heteroatoms. The van der Waals surface area contributed by atoms with E-state index in [1.54, 1.807) is 7.11 Å². The zero-order chi connectivity index (χ0) is 23.1. The SMILES string of the molecule is COc1ccc2nccc(CCC[C@@H]3CCN(CCCSC(C)(C)C)C[C@@H]3C(=O)O)c2c1. The molecule has 1 aliphatic rings. The molecule has 1 fully saturated rings. The molecule has 0 aliphatic carbocycles. The molecule has 0 bridgehead atoms. The lowest BCUT2D eigenvalue weighted by Gasteiger charge is -2.36. The Bertz CT molecular complexity index is 896. The van der Waals surface area contributed by atoms with Gasteiger partial charge in [-0.15, -0.1) is 0 Å².